The number of halogens is 5. The molecule has 0 heterocycles. The summed E-state index contributed by atoms with van der Waals surface area (Å²) in [4.78, 5) is 0. The van der Waals surface area contributed by atoms with E-state index in [0.717, 1.165) is 10.5 Å². The van der Waals surface area contributed by atoms with Crippen molar-refractivity contribution in [2.45, 2.75) is 12.8 Å². The molecule has 0 bridgehead atoms. The van der Waals surface area contributed by atoms with Crippen LogP contribution >= 0.6 is 31.9 Å². The zero-order chi connectivity index (χ0) is 15.6. The van der Waals surface area contributed by atoms with Gasteiger partial charge in [0.1, 0.15) is 12.4 Å². The number of anilines is 1. The van der Waals surface area contributed by atoms with Gasteiger partial charge in [-0.25, -0.2) is 0 Å². The molecule has 0 saturated carbocycles. The van der Waals surface area contributed by atoms with E-state index in [9.17, 15) is 13.2 Å². The first-order chi connectivity index (χ1) is 9.77. The fourth-order valence-corrected chi connectivity index (χ4v) is 2.89. The molecule has 7 heteroatoms. The first-order valence-electron chi connectivity index (χ1n) is 5.81. The minimum Gasteiger partial charge on any atom is -0.488 e. The van der Waals surface area contributed by atoms with Crippen molar-refractivity contribution >= 4 is 37.5 Å². The van der Waals surface area contributed by atoms with Crippen LogP contribution in [-0.2, 0) is 12.8 Å². The lowest BCUT2D eigenvalue weighted by atomic mass is 10.1. The van der Waals surface area contributed by atoms with Gasteiger partial charge in [0.2, 0.25) is 0 Å². The molecule has 112 valence electrons. The third-order valence-corrected chi connectivity index (χ3v) is 3.83. The minimum atomic E-state index is -4.47. The summed E-state index contributed by atoms with van der Waals surface area (Å²) in [6.45, 7) is -0.199. The van der Waals surface area contributed by atoms with Gasteiger partial charge in [0.05, 0.1) is 10.0 Å². The first kappa shape index (κ1) is 16.2. The van der Waals surface area contributed by atoms with Crippen LogP contribution in [0.2, 0.25) is 0 Å². The molecular formula is C14H10Br2F3NO. The number of hydrogen-bond donors (Lipinski definition) is 1. The molecule has 0 spiro atoms. The molecule has 0 aromatic heterocycles. The number of nitrogen functional groups attached to an aromatic ring is 1. The second kappa shape index (κ2) is 6.27. The minimum absolute atomic E-state index is 0.0338. The topological polar surface area (TPSA) is 35.2 Å². The van der Waals surface area contributed by atoms with Gasteiger partial charge in [0.15, 0.2) is 0 Å². The zero-order valence-corrected chi connectivity index (χ0v) is 13.7. The van der Waals surface area contributed by atoms with Crippen LogP contribution in [0.25, 0.3) is 0 Å². The Bertz CT molecular complexity index is 659. The molecule has 0 aliphatic heterocycles. The summed E-state index contributed by atoms with van der Waals surface area (Å²) < 4.78 is 45.8. The van der Waals surface area contributed by atoms with Crippen LogP contribution in [0.4, 0.5) is 18.9 Å². The highest BCUT2D eigenvalue weighted by atomic mass is 79.9. The number of ether oxygens (including phenoxy) is 1. The average Bonchev–Trinajstić information content (AvgIpc) is 2.38. The molecule has 0 amide bonds. The van der Waals surface area contributed by atoms with Crippen molar-refractivity contribution in [2.75, 3.05) is 5.73 Å². The van der Waals surface area contributed by atoms with E-state index >= 15 is 0 Å². The number of rotatable bonds is 3. The van der Waals surface area contributed by atoms with Crippen molar-refractivity contribution in [3.63, 3.8) is 0 Å². The molecule has 0 unspecified atom stereocenters. The molecular weight excluding hydrogens is 415 g/mol. The normalized spacial score (nSPS) is 11.5. The van der Waals surface area contributed by atoms with Gasteiger partial charge in [0.25, 0.3) is 0 Å². The summed E-state index contributed by atoms with van der Waals surface area (Å²) in [5.41, 5.74) is 4.74. The number of benzene rings is 2. The van der Waals surface area contributed by atoms with Gasteiger partial charge in [0, 0.05) is 15.7 Å². The molecule has 0 fully saturated rings. The largest absolute Gasteiger partial charge is 0.488 e. The highest BCUT2D eigenvalue weighted by Crippen LogP contribution is 2.34. The lowest BCUT2D eigenvalue weighted by Gasteiger charge is -2.15. The Morgan fingerprint density at radius 2 is 1.76 bits per heavy atom. The van der Waals surface area contributed by atoms with E-state index in [1.807, 2.05) is 0 Å². The standard InChI is InChI=1S/C14H10Br2F3NO/c15-9-2-4-13(12(16)5-9)21-7-8-1-3-10(20)6-11(8)14(17,18)19/h1-6H,7,20H2. The van der Waals surface area contributed by atoms with E-state index in [1.165, 1.54) is 12.1 Å². The third-order valence-electron chi connectivity index (χ3n) is 2.72. The van der Waals surface area contributed by atoms with Crippen molar-refractivity contribution in [3.05, 3.63) is 56.5 Å². The van der Waals surface area contributed by atoms with Gasteiger partial charge < -0.3 is 10.5 Å². The second-order valence-corrected chi connectivity index (χ2v) is 6.05. The molecule has 2 aromatic carbocycles. The first-order valence-corrected chi connectivity index (χ1v) is 7.39. The SMILES string of the molecule is Nc1ccc(COc2ccc(Br)cc2Br)c(C(F)(F)F)c1. The van der Waals surface area contributed by atoms with Gasteiger partial charge in [-0.3, -0.25) is 0 Å². The molecule has 0 atom stereocenters. The summed E-state index contributed by atoms with van der Waals surface area (Å²) in [5, 5.41) is 0. The summed E-state index contributed by atoms with van der Waals surface area (Å²) in [7, 11) is 0. The molecule has 0 saturated heterocycles. The maximum absolute atomic E-state index is 13.0. The van der Waals surface area contributed by atoms with Crippen molar-refractivity contribution in [2.24, 2.45) is 0 Å². The van der Waals surface area contributed by atoms with Crippen LogP contribution in [0.1, 0.15) is 11.1 Å². The Labute approximate surface area is 136 Å². The van der Waals surface area contributed by atoms with Crippen molar-refractivity contribution in [3.8, 4) is 5.75 Å². The number of alkyl halides is 3. The Balaban J connectivity index is 2.24. The van der Waals surface area contributed by atoms with Crippen LogP contribution in [-0.4, -0.2) is 0 Å². The quantitative estimate of drug-likeness (QED) is 0.670. The van der Waals surface area contributed by atoms with Crippen LogP contribution < -0.4 is 10.5 Å². The molecule has 2 aromatic rings. The molecule has 2 nitrogen and oxygen atoms in total. The summed E-state index contributed by atoms with van der Waals surface area (Å²) in [5.74, 6) is 0.461. The monoisotopic (exact) mass is 423 g/mol. The highest BCUT2D eigenvalue weighted by Gasteiger charge is 2.33. The van der Waals surface area contributed by atoms with Gasteiger partial charge in [-0.05, 0) is 46.3 Å². The van der Waals surface area contributed by atoms with Crippen LogP contribution in [0.15, 0.2) is 45.3 Å². The molecule has 0 aliphatic carbocycles. The second-order valence-electron chi connectivity index (χ2n) is 4.28. The van der Waals surface area contributed by atoms with E-state index in [-0.39, 0.29) is 17.9 Å². The fourth-order valence-electron chi connectivity index (χ4n) is 1.73. The average molecular weight is 425 g/mol. The molecule has 2 rings (SSSR count). The summed E-state index contributed by atoms with van der Waals surface area (Å²) in [6, 6.07) is 8.82. The Morgan fingerprint density at radius 1 is 1.05 bits per heavy atom. The van der Waals surface area contributed by atoms with Gasteiger partial charge in [-0.1, -0.05) is 22.0 Å². The molecule has 0 aliphatic rings. The van der Waals surface area contributed by atoms with E-state index in [4.69, 9.17) is 10.5 Å². The van der Waals surface area contributed by atoms with Crippen molar-refractivity contribution in [1.82, 2.24) is 0 Å². The van der Waals surface area contributed by atoms with E-state index < -0.39 is 11.7 Å². The zero-order valence-electron chi connectivity index (χ0n) is 10.5. The maximum Gasteiger partial charge on any atom is 0.416 e. The predicted molar refractivity (Wildman–Crippen MR) is 82.0 cm³/mol. The Morgan fingerprint density at radius 3 is 2.38 bits per heavy atom. The van der Waals surface area contributed by atoms with E-state index in [2.05, 4.69) is 31.9 Å². The van der Waals surface area contributed by atoms with E-state index in [0.29, 0.717) is 10.2 Å². The number of nitrogens with two attached hydrogens (primary N) is 1. The predicted octanol–water partition coefficient (Wildman–Crippen LogP) is 5.39. The smallest absolute Gasteiger partial charge is 0.416 e. The van der Waals surface area contributed by atoms with Crippen LogP contribution in [0.5, 0.6) is 5.75 Å². The summed E-state index contributed by atoms with van der Waals surface area (Å²) >= 11 is 6.58. The van der Waals surface area contributed by atoms with Gasteiger partial charge in [-0.2, -0.15) is 13.2 Å². The lowest BCUT2D eigenvalue weighted by molar-refractivity contribution is -0.138. The van der Waals surface area contributed by atoms with E-state index in [1.54, 1.807) is 18.2 Å². The Kier molecular flexibility index (Phi) is 4.83. The van der Waals surface area contributed by atoms with Crippen LogP contribution in [0.3, 0.4) is 0 Å². The third kappa shape index (κ3) is 4.14. The van der Waals surface area contributed by atoms with Crippen molar-refractivity contribution < 1.29 is 17.9 Å². The molecule has 21 heavy (non-hydrogen) atoms. The molecule has 0 radical (unpaired) electrons. The van der Waals surface area contributed by atoms with Gasteiger partial charge >= 0.3 is 6.18 Å². The highest BCUT2D eigenvalue weighted by molar-refractivity contribution is 9.11. The fraction of sp³-hybridized carbons (Fsp3) is 0.143. The van der Waals surface area contributed by atoms with Crippen molar-refractivity contribution in [1.29, 1.82) is 0 Å². The lowest BCUT2D eigenvalue weighted by Crippen LogP contribution is -2.11. The summed E-state index contributed by atoms with van der Waals surface area (Å²) in [6.07, 6.45) is -4.47. The van der Waals surface area contributed by atoms with Crippen LogP contribution in [0, 0.1) is 0 Å². The Hall–Kier alpha value is -1.21. The van der Waals surface area contributed by atoms with Gasteiger partial charge in [-0.15, -0.1) is 0 Å². The number of hydrogen-bond acceptors (Lipinski definition) is 2. The molecule has 2 N–H and O–H groups in total. The maximum atomic E-state index is 13.0.